The molecule has 2 aliphatic rings. The van der Waals surface area contributed by atoms with Crippen molar-refractivity contribution < 1.29 is 24.0 Å². The van der Waals surface area contributed by atoms with E-state index in [0.29, 0.717) is 11.8 Å². The van der Waals surface area contributed by atoms with E-state index in [1.807, 2.05) is 0 Å². The van der Waals surface area contributed by atoms with Crippen molar-refractivity contribution in [2.24, 2.45) is 18.9 Å². The lowest BCUT2D eigenvalue weighted by Gasteiger charge is -2.48. The van der Waals surface area contributed by atoms with Crippen molar-refractivity contribution in [2.75, 3.05) is 11.9 Å². The molecule has 3 unspecified atom stereocenters. The molecule has 0 aromatic carbocycles. The van der Waals surface area contributed by atoms with Crippen molar-refractivity contribution in [3.05, 3.63) is 46.9 Å². The first-order valence-corrected chi connectivity index (χ1v) is 14.9. The number of nitrogens with zero attached hydrogens (tertiary/aromatic N) is 3. The molecule has 2 bridgehead atoms. The summed E-state index contributed by atoms with van der Waals surface area (Å²) >= 11 is 0. The SMILES string of the molecule is CCNC(=O)C(=O)CC[C@H](NC(=O)c1cncn1C)C(=O)Nc1cccn(CC(=O)NC23CCCC(CC(C)C2)C3)c1=O. The van der Waals surface area contributed by atoms with Crippen molar-refractivity contribution in [3.8, 4) is 0 Å². The first kappa shape index (κ1) is 31.6. The molecule has 2 aromatic heterocycles. The number of carbonyl (C=O) groups excluding carboxylic acids is 5. The maximum absolute atomic E-state index is 13.3. The number of rotatable bonds is 12. The molecule has 0 aliphatic heterocycles. The van der Waals surface area contributed by atoms with Crippen molar-refractivity contribution >= 4 is 35.1 Å². The Labute approximate surface area is 250 Å². The van der Waals surface area contributed by atoms with Crippen LogP contribution in [0.5, 0.6) is 0 Å². The minimum atomic E-state index is -1.25. The lowest BCUT2D eigenvalue weighted by molar-refractivity contribution is -0.138. The Balaban J connectivity index is 1.45. The van der Waals surface area contributed by atoms with Crippen LogP contribution in [0.3, 0.4) is 0 Å². The minimum absolute atomic E-state index is 0.0858. The molecule has 2 fully saturated rings. The average Bonchev–Trinajstić information content (AvgIpc) is 3.38. The average molecular weight is 596 g/mol. The van der Waals surface area contributed by atoms with Gasteiger partial charge in [-0.3, -0.25) is 28.8 Å². The van der Waals surface area contributed by atoms with Gasteiger partial charge >= 0.3 is 0 Å². The summed E-state index contributed by atoms with van der Waals surface area (Å²) in [7, 11) is 1.61. The molecule has 2 saturated carbocycles. The van der Waals surface area contributed by atoms with Gasteiger partial charge in [0.05, 0.1) is 12.5 Å². The molecule has 4 amide bonds. The first-order valence-electron chi connectivity index (χ1n) is 14.9. The number of pyridine rings is 1. The summed E-state index contributed by atoms with van der Waals surface area (Å²) in [6.45, 7) is 3.96. The molecule has 2 aliphatic carbocycles. The highest BCUT2D eigenvalue weighted by Gasteiger charge is 2.42. The third kappa shape index (κ3) is 7.96. The predicted molar refractivity (Wildman–Crippen MR) is 158 cm³/mol. The van der Waals surface area contributed by atoms with Gasteiger partial charge in [-0.15, -0.1) is 0 Å². The zero-order valence-electron chi connectivity index (χ0n) is 25.0. The fourth-order valence-corrected chi connectivity index (χ4v) is 6.55. The van der Waals surface area contributed by atoms with Crippen LogP contribution in [0.25, 0.3) is 0 Å². The smallest absolute Gasteiger partial charge is 0.287 e. The van der Waals surface area contributed by atoms with Gasteiger partial charge in [0, 0.05) is 31.7 Å². The van der Waals surface area contributed by atoms with Crippen molar-refractivity contribution in [2.45, 2.75) is 83.3 Å². The molecule has 13 nitrogen and oxygen atoms in total. The Morgan fingerprint density at radius 1 is 1.19 bits per heavy atom. The second kappa shape index (κ2) is 13.8. The first-order chi connectivity index (χ1) is 20.5. The van der Waals surface area contributed by atoms with Gasteiger partial charge in [0.25, 0.3) is 17.4 Å². The van der Waals surface area contributed by atoms with Crippen LogP contribution in [0.2, 0.25) is 0 Å². The molecule has 232 valence electrons. The van der Waals surface area contributed by atoms with E-state index in [4.69, 9.17) is 0 Å². The van der Waals surface area contributed by atoms with E-state index in [1.54, 1.807) is 20.0 Å². The van der Waals surface area contributed by atoms with E-state index >= 15 is 0 Å². The molecule has 0 radical (unpaired) electrons. The summed E-state index contributed by atoms with van der Waals surface area (Å²) in [5.41, 5.74) is -0.732. The Kier molecular flexibility index (Phi) is 10.1. The minimum Gasteiger partial charge on any atom is -0.350 e. The van der Waals surface area contributed by atoms with E-state index < -0.39 is 35.1 Å². The number of fused-ring (bicyclic) bond motifs is 2. The number of Topliss-reactive ketones (excluding diaryl/α,β-unsaturated/α-hetero) is 1. The van der Waals surface area contributed by atoms with E-state index in [2.05, 4.69) is 33.2 Å². The van der Waals surface area contributed by atoms with Crippen molar-refractivity contribution in [3.63, 3.8) is 0 Å². The van der Waals surface area contributed by atoms with Gasteiger partial charge in [-0.2, -0.15) is 0 Å². The fraction of sp³-hybridized carbons (Fsp3) is 0.567. The monoisotopic (exact) mass is 595 g/mol. The molecule has 13 heteroatoms. The van der Waals surface area contributed by atoms with E-state index in [9.17, 15) is 28.8 Å². The molecule has 4 N–H and O–H groups in total. The van der Waals surface area contributed by atoms with Crippen LogP contribution in [0.1, 0.15) is 75.7 Å². The second-order valence-corrected chi connectivity index (χ2v) is 11.9. The van der Waals surface area contributed by atoms with Crippen molar-refractivity contribution in [1.29, 1.82) is 0 Å². The molecule has 0 saturated heterocycles. The lowest BCUT2D eigenvalue weighted by atomic mass is 9.64. The van der Waals surface area contributed by atoms with Crippen molar-refractivity contribution in [1.82, 2.24) is 30.1 Å². The van der Waals surface area contributed by atoms with Crippen LogP contribution < -0.4 is 26.8 Å². The number of aromatic nitrogens is 3. The number of amides is 4. The number of ketones is 1. The maximum atomic E-state index is 13.3. The number of hydrogen-bond acceptors (Lipinski definition) is 7. The summed E-state index contributed by atoms with van der Waals surface area (Å²) in [5, 5.41) is 10.7. The number of aryl methyl sites for hydroxylation is 1. The molecule has 2 aromatic rings. The highest BCUT2D eigenvalue weighted by Crippen LogP contribution is 2.45. The molecule has 4 rings (SSSR count). The van der Waals surface area contributed by atoms with Crippen LogP contribution >= 0.6 is 0 Å². The Morgan fingerprint density at radius 2 is 1.98 bits per heavy atom. The van der Waals surface area contributed by atoms with Gasteiger partial charge in [0.2, 0.25) is 17.6 Å². The number of likely N-dealkylation sites (N-methyl/N-ethyl adjacent to an activating group) is 1. The Hall–Kier alpha value is -4.29. The third-order valence-corrected chi connectivity index (χ3v) is 8.34. The highest BCUT2D eigenvalue weighted by atomic mass is 16.2. The molecular formula is C30H41N7O6. The Morgan fingerprint density at radius 3 is 2.70 bits per heavy atom. The lowest BCUT2D eigenvalue weighted by Crippen LogP contribution is -2.55. The van der Waals surface area contributed by atoms with Gasteiger partial charge in [-0.25, -0.2) is 4.98 Å². The van der Waals surface area contributed by atoms with Crippen LogP contribution in [0.4, 0.5) is 5.69 Å². The van der Waals surface area contributed by atoms with Gasteiger partial charge in [0.1, 0.15) is 24.0 Å². The standard InChI is InChI=1S/C30H41N7O6/c1-4-32-28(42)24(38)10-9-21(33-27(41)23-16-31-18-36(23)3)26(40)34-22-8-6-12-37(29(22)43)17-25(39)35-30-11-5-7-20(15-30)13-19(2)14-30/h6,8,12,16,18-21H,4-5,7,9-11,13-15,17H2,1-3H3,(H,32,42)(H,33,41)(H,34,40)(H,35,39)/t19?,20?,21-,30?/m0/s1. The number of imidazole rings is 1. The zero-order chi connectivity index (χ0) is 31.1. The van der Waals surface area contributed by atoms with Gasteiger partial charge < -0.3 is 30.4 Å². The predicted octanol–water partition coefficient (Wildman–Crippen LogP) is 1.28. The largest absolute Gasteiger partial charge is 0.350 e. The molecule has 0 spiro atoms. The third-order valence-electron chi connectivity index (χ3n) is 8.34. The van der Waals surface area contributed by atoms with Gasteiger partial charge in [0.15, 0.2) is 0 Å². The molecule has 43 heavy (non-hydrogen) atoms. The quantitative estimate of drug-likeness (QED) is 0.268. The fourth-order valence-electron chi connectivity index (χ4n) is 6.55. The summed E-state index contributed by atoms with van der Waals surface area (Å²) in [4.78, 5) is 80.6. The van der Waals surface area contributed by atoms with E-state index in [-0.39, 0.29) is 48.8 Å². The number of hydrogen-bond donors (Lipinski definition) is 4. The van der Waals surface area contributed by atoms with E-state index in [0.717, 1.165) is 25.7 Å². The van der Waals surface area contributed by atoms with Gasteiger partial charge in [-0.1, -0.05) is 19.8 Å². The summed E-state index contributed by atoms with van der Waals surface area (Å²) in [5.74, 6) is -2.00. The molecular weight excluding hydrogens is 554 g/mol. The van der Waals surface area contributed by atoms with Gasteiger partial charge in [-0.05, 0) is 63.0 Å². The summed E-state index contributed by atoms with van der Waals surface area (Å²) < 4.78 is 2.70. The summed E-state index contributed by atoms with van der Waals surface area (Å²) in [6.07, 6.45) is 10.00. The Bertz CT molecular complexity index is 1430. The maximum Gasteiger partial charge on any atom is 0.287 e. The van der Waals surface area contributed by atoms with Crippen LogP contribution in [0, 0.1) is 11.8 Å². The molecule has 4 atom stereocenters. The highest BCUT2D eigenvalue weighted by molar-refractivity contribution is 6.36. The topological polar surface area (TPSA) is 173 Å². The number of anilines is 1. The zero-order valence-corrected chi connectivity index (χ0v) is 25.0. The van der Waals surface area contributed by atoms with E-state index in [1.165, 1.54) is 46.8 Å². The van der Waals surface area contributed by atoms with Crippen LogP contribution in [-0.4, -0.2) is 61.7 Å². The van der Waals surface area contributed by atoms with Crippen LogP contribution in [-0.2, 0) is 32.8 Å². The second-order valence-electron chi connectivity index (χ2n) is 11.9. The summed E-state index contributed by atoms with van der Waals surface area (Å²) in [6, 6.07) is 1.70. The normalized spacial score (nSPS) is 21.7. The van der Waals surface area contributed by atoms with Crippen LogP contribution in [0.15, 0.2) is 35.6 Å². The number of nitrogens with one attached hydrogen (secondary N) is 4. The number of carbonyl (C=O) groups is 5. The molecule has 2 heterocycles.